The molecular formula is C19H15N3. The highest BCUT2D eigenvalue weighted by Crippen LogP contribution is 2.22. The van der Waals surface area contributed by atoms with E-state index in [9.17, 15) is 0 Å². The highest BCUT2D eigenvalue weighted by atomic mass is 14.9. The normalized spacial score (nSPS) is 9.86. The molecule has 3 nitrogen and oxygen atoms in total. The molecule has 0 bridgehead atoms. The molecule has 2 heterocycles. The monoisotopic (exact) mass is 285 g/mol. The molecule has 0 amide bonds. The third-order valence-electron chi connectivity index (χ3n) is 3.38. The fraction of sp³-hybridized carbons (Fsp3) is 0.0526. The summed E-state index contributed by atoms with van der Waals surface area (Å²) in [5.41, 5.74) is 4.78. The van der Waals surface area contributed by atoms with E-state index in [0.717, 1.165) is 28.0 Å². The summed E-state index contributed by atoms with van der Waals surface area (Å²) in [5.74, 6) is 3.12. The second-order valence-electron chi connectivity index (χ2n) is 4.91. The van der Waals surface area contributed by atoms with Crippen molar-refractivity contribution in [2.75, 3.05) is 0 Å². The molecule has 0 spiro atoms. The van der Waals surface area contributed by atoms with Gasteiger partial charge in [-0.15, -0.1) is 0 Å². The van der Waals surface area contributed by atoms with Gasteiger partial charge in [-0.25, -0.2) is 9.97 Å². The Labute approximate surface area is 130 Å². The lowest BCUT2D eigenvalue weighted by Gasteiger charge is -2.05. The zero-order valence-corrected chi connectivity index (χ0v) is 12.3. The van der Waals surface area contributed by atoms with Gasteiger partial charge in [-0.05, 0) is 36.6 Å². The van der Waals surface area contributed by atoms with E-state index in [-0.39, 0.29) is 0 Å². The summed E-state index contributed by atoms with van der Waals surface area (Å²) in [5, 5.41) is 0. The Morgan fingerprint density at radius 1 is 1.18 bits per heavy atom. The molecule has 0 fully saturated rings. The summed E-state index contributed by atoms with van der Waals surface area (Å²) in [6.45, 7) is 6.10. The number of aryl methyl sites for hydroxylation is 1. The molecular weight excluding hydrogens is 270 g/mol. The van der Waals surface area contributed by atoms with Gasteiger partial charge in [0.05, 0.1) is 0 Å². The summed E-state index contributed by atoms with van der Waals surface area (Å²) in [7, 11) is 0. The van der Waals surface area contributed by atoms with Gasteiger partial charge in [0.1, 0.15) is 6.33 Å². The van der Waals surface area contributed by atoms with Gasteiger partial charge in [-0.3, -0.25) is 4.57 Å². The maximum absolute atomic E-state index is 4.20. The smallest absolute Gasteiger partial charge is 0.115 e. The summed E-state index contributed by atoms with van der Waals surface area (Å²) >= 11 is 0. The molecule has 3 aromatic rings. The van der Waals surface area contributed by atoms with Crippen LogP contribution >= 0.6 is 0 Å². The number of benzene rings is 1. The molecule has 2 aromatic heterocycles. The van der Waals surface area contributed by atoms with Crippen LogP contribution in [0.2, 0.25) is 0 Å². The van der Waals surface area contributed by atoms with Gasteiger partial charge in [0.25, 0.3) is 0 Å². The van der Waals surface area contributed by atoms with E-state index < -0.39 is 0 Å². The van der Waals surface area contributed by atoms with Crippen LogP contribution in [-0.4, -0.2) is 14.5 Å². The molecule has 3 rings (SSSR count). The molecule has 106 valence electrons. The standard InChI is InChI=1S/C19H15N3/c1-15(19-12-20-14-21-16(19)2)18-9-11-22(13-18)10-8-17-6-4-3-5-7-17/h3-7,9,11-14H,1H2,2H3. The quantitative estimate of drug-likeness (QED) is 0.675. The molecule has 1 aromatic carbocycles. The molecule has 22 heavy (non-hydrogen) atoms. The maximum atomic E-state index is 4.20. The third-order valence-corrected chi connectivity index (χ3v) is 3.38. The molecule has 0 radical (unpaired) electrons. The van der Waals surface area contributed by atoms with Crippen LogP contribution < -0.4 is 0 Å². The van der Waals surface area contributed by atoms with Gasteiger partial charge in [-0.2, -0.15) is 0 Å². The maximum Gasteiger partial charge on any atom is 0.115 e. The fourth-order valence-electron chi connectivity index (χ4n) is 2.14. The highest BCUT2D eigenvalue weighted by Gasteiger charge is 2.07. The lowest BCUT2D eigenvalue weighted by atomic mass is 10.0. The molecule has 0 N–H and O–H groups in total. The minimum Gasteiger partial charge on any atom is -0.283 e. The molecule has 0 saturated heterocycles. The third kappa shape index (κ3) is 2.97. The van der Waals surface area contributed by atoms with Crippen molar-refractivity contribution in [2.45, 2.75) is 6.92 Å². The van der Waals surface area contributed by atoms with Gasteiger partial charge in [0.15, 0.2) is 0 Å². The first-order chi connectivity index (χ1) is 10.7. The molecule has 0 aliphatic heterocycles. The Balaban J connectivity index is 1.84. The first-order valence-electron chi connectivity index (χ1n) is 6.95. The highest BCUT2D eigenvalue weighted by molar-refractivity contribution is 5.78. The van der Waals surface area contributed by atoms with Crippen molar-refractivity contribution in [3.63, 3.8) is 0 Å². The van der Waals surface area contributed by atoms with Crippen LogP contribution in [0.3, 0.4) is 0 Å². The van der Waals surface area contributed by atoms with Crippen LogP contribution in [0.5, 0.6) is 0 Å². The van der Waals surface area contributed by atoms with Gasteiger partial charge in [0.2, 0.25) is 0 Å². The van der Waals surface area contributed by atoms with Gasteiger partial charge in [0, 0.05) is 47.0 Å². The molecule has 0 unspecified atom stereocenters. The van der Waals surface area contributed by atoms with Crippen LogP contribution in [0.4, 0.5) is 0 Å². The average Bonchev–Trinajstić information content (AvgIpc) is 3.03. The van der Waals surface area contributed by atoms with Crippen LogP contribution in [0.1, 0.15) is 22.4 Å². The largest absolute Gasteiger partial charge is 0.283 e. The lowest BCUT2D eigenvalue weighted by molar-refractivity contribution is 1.09. The number of aromatic nitrogens is 3. The van der Waals surface area contributed by atoms with Crippen LogP contribution in [0.15, 0.2) is 67.9 Å². The summed E-state index contributed by atoms with van der Waals surface area (Å²) in [6, 6.07) is 15.0. The summed E-state index contributed by atoms with van der Waals surface area (Å²) in [6.07, 6.45) is 7.22. The zero-order valence-electron chi connectivity index (χ0n) is 12.3. The van der Waals surface area contributed by atoms with Gasteiger partial charge in [-0.1, -0.05) is 24.8 Å². The van der Waals surface area contributed by atoms with Crippen molar-refractivity contribution in [2.24, 2.45) is 0 Å². The fourth-order valence-corrected chi connectivity index (χ4v) is 2.14. The molecule has 3 heteroatoms. The van der Waals surface area contributed by atoms with Crippen molar-refractivity contribution in [1.82, 2.24) is 14.5 Å². The van der Waals surface area contributed by atoms with E-state index in [1.54, 1.807) is 12.5 Å². The Bertz CT molecular complexity index is 864. The van der Waals surface area contributed by atoms with Crippen molar-refractivity contribution < 1.29 is 0 Å². The van der Waals surface area contributed by atoms with Crippen LogP contribution in [0.25, 0.3) is 5.57 Å². The minimum atomic E-state index is 0.901. The van der Waals surface area contributed by atoms with E-state index in [1.807, 2.05) is 60.3 Å². The molecule has 0 saturated carbocycles. The van der Waals surface area contributed by atoms with E-state index in [4.69, 9.17) is 0 Å². The molecule has 0 atom stereocenters. The van der Waals surface area contributed by atoms with Crippen molar-refractivity contribution in [3.8, 4) is 12.0 Å². The van der Waals surface area contributed by atoms with Crippen molar-refractivity contribution in [3.05, 3.63) is 90.3 Å². The predicted molar refractivity (Wildman–Crippen MR) is 88.1 cm³/mol. The minimum absolute atomic E-state index is 0.901. The van der Waals surface area contributed by atoms with E-state index in [2.05, 4.69) is 28.5 Å². The predicted octanol–water partition coefficient (Wildman–Crippen LogP) is 3.51. The van der Waals surface area contributed by atoms with Crippen molar-refractivity contribution in [1.29, 1.82) is 0 Å². The first kappa shape index (κ1) is 13.8. The van der Waals surface area contributed by atoms with Crippen LogP contribution in [-0.2, 0) is 0 Å². The number of nitrogens with zero attached hydrogens (tertiary/aromatic N) is 3. The Morgan fingerprint density at radius 2 is 2.00 bits per heavy atom. The first-order valence-corrected chi connectivity index (χ1v) is 6.95. The topological polar surface area (TPSA) is 30.7 Å². The number of rotatable bonds is 2. The Morgan fingerprint density at radius 3 is 2.77 bits per heavy atom. The lowest BCUT2D eigenvalue weighted by Crippen LogP contribution is -1.93. The average molecular weight is 285 g/mol. The van der Waals surface area contributed by atoms with Gasteiger partial charge < -0.3 is 0 Å². The van der Waals surface area contributed by atoms with Crippen LogP contribution in [0, 0.1) is 18.9 Å². The zero-order chi connectivity index (χ0) is 15.4. The SMILES string of the molecule is C=C(c1ccn(C#Cc2ccccc2)c1)c1cncnc1C. The molecule has 0 aliphatic rings. The van der Waals surface area contributed by atoms with Gasteiger partial charge >= 0.3 is 0 Å². The van der Waals surface area contributed by atoms with E-state index in [0.29, 0.717) is 0 Å². The second-order valence-corrected chi connectivity index (χ2v) is 4.91. The Hall–Kier alpha value is -3.12. The van der Waals surface area contributed by atoms with Crippen molar-refractivity contribution >= 4 is 5.57 Å². The summed E-state index contributed by atoms with van der Waals surface area (Å²) in [4.78, 5) is 8.27. The number of hydrogen-bond donors (Lipinski definition) is 0. The summed E-state index contributed by atoms with van der Waals surface area (Å²) < 4.78 is 1.84. The Kier molecular flexibility index (Phi) is 3.84. The van der Waals surface area contributed by atoms with E-state index >= 15 is 0 Å². The molecule has 0 aliphatic carbocycles. The van der Waals surface area contributed by atoms with E-state index in [1.165, 1.54) is 0 Å². The number of hydrogen-bond acceptors (Lipinski definition) is 2. The second kappa shape index (κ2) is 6.11.